The Labute approximate surface area is 211 Å². The predicted octanol–water partition coefficient (Wildman–Crippen LogP) is 6.73. The minimum absolute atomic E-state index is 0.0184. The highest BCUT2D eigenvalue weighted by Gasteiger charge is 2.38. The van der Waals surface area contributed by atoms with Crippen LogP contribution in [0.2, 0.25) is 10.0 Å². The van der Waals surface area contributed by atoms with Crippen molar-refractivity contribution in [3.63, 3.8) is 0 Å². The number of aromatic amines is 1. The van der Waals surface area contributed by atoms with Gasteiger partial charge in [0.1, 0.15) is 0 Å². The molecule has 12 heteroatoms. The van der Waals surface area contributed by atoms with Gasteiger partial charge in [-0.2, -0.15) is 13.2 Å². The molecule has 0 saturated heterocycles. The molecule has 1 aromatic heterocycles. The van der Waals surface area contributed by atoms with Crippen molar-refractivity contribution >= 4 is 57.6 Å². The number of anilines is 1. The smallest absolute Gasteiger partial charge is 0.478 e. The van der Waals surface area contributed by atoms with Gasteiger partial charge in [0.2, 0.25) is 0 Å². The monoisotopic (exact) mass is 538 g/mol. The molecule has 3 aromatic carbocycles. The van der Waals surface area contributed by atoms with Crippen molar-refractivity contribution in [1.82, 2.24) is 4.98 Å². The van der Waals surface area contributed by atoms with Gasteiger partial charge in [0.25, 0.3) is 5.91 Å². The van der Waals surface area contributed by atoms with Crippen LogP contribution in [0.1, 0.15) is 20.7 Å². The number of hydrogen-bond donors (Lipinski definition) is 4. The summed E-state index contributed by atoms with van der Waals surface area (Å²) in [7, 11) is 0. The Balaban J connectivity index is 0.000000454. The third-order valence-corrected chi connectivity index (χ3v) is 5.35. The number of nitrogens with one attached hydrogen (secondary N) is 2. The normalized spacial score (nSPS) is 10.9. The van der Waals surface area contributed by atoms with Crippen LogP contribution in [0.5, 0.6) is 0 Å². The van der Waals surface area contributed by atoms with Gasteiger partial charge in [0.15, 0.2) is 0 Å². The lowest BCUT2D eigenvalue weighted by Crippen LogP contribution is -2.21. The Morgan fingerprint density at radius 1 is 0.833 bits per heavy atom. The van der Waals surface area contributed by atoms with E-state index in [0.29, 0.717) is 5.02 Å². The summed E-state index contributed by atoms with van der Waals surface area (Å²) < 4.78 is 31.7. The Hall–Kier alpha value is -4.02. The van der Waals surface area contributed by atoms with E-state index in [2.05, 4.69) is 10.3 Å². The van der Waals surface area contributed by atoms with Gasteiger partial charge in [-0.15, -0.1) is 0 Å². The van der Waals surface area contributed by atoms with Gasteiger partial charge >= 0.3 is 18.1 Å². The second kappa shape index (κ2) is 10.7. The maximum Gasteiger partial charge on any atom is 0.490 e. The molecule has 1 heterocycles. The summed E-state index contributed by atoms with van der Waals surface area (Å²) in [6.45, 7) is 0. The zero-order valence-corrected chi connectivity index (χ0v) is 19.4. The number of H-pyrrole nitrogens is 1. The van der Waals surface area contributed by atoms with E-state index in [1.54, 1.807) is 18.2 Å². The fraction of sp³-hybridized carbons (Fsp3) is 0.0417. The number of carboxylic acid groups (broad SMARTS) is 2. The third-order valence-electron chi connectivity index (χ3n) is 4.80. The molecular weight excluding hydrogens is 524 g/mol. The molecule has 7 nitrogen and oxygen atoms in total. The first-order valence-corrected chi connectivity index (χ1v) is 10.6. The van der Waals surface area contributed by atoms with Crippen molar-refractivity contribution < 1.29 is 37.8 Å². The lowest BCUT2D eigenvalue weighted by Gasteiger charge is -2.12. The van der Waals surface area contributed by atoms with Crippen LogP contribution < -0.4 is 5.32 Å². The van der Waals surface area contributed by atoms with Crippen LogP contribution in [-0.4, -0.2) is 39.2 Å². The van der Waals surface area contributed by atoms with Crippen molar-refractivity contribution in [1.29, 1.82) is 0 Å². The number of halogens is 5. The topological polar surface area (TPSA) is 119 Å². The Morgan fingerprint density at radius 3 is 2.08 bits per heavy atom. The first-order valence-electron chi connectivity index (χ1n) is 9.88. The molecule has 0 aliphatic rings. The molecule has 0 saturated carbocycles. The second-order valence-electron chi connectivity index (χ2n) is 7.23. The summed E-state index contributed by atoms with van der Waals surface area (Å²) in [6, 6.07) is 17.1. The van der Waals surface area contributed by atoms with Crippen molar-refractivity contribution in [3.8, 4) is 11.1 Å². The molecule has 0 spiro atoms. The van der Waals surface area contributed by atoms with Gasteiger partial charge in [-0.05, 0) is 65.0 Å². The van der Waals surface area contributed by atoms with Gasteiger partial charge in [-0.25, -0.2) is 9.59 Å². The van der Waals surface area contributed by atoms with Crippen molar-refractivity contribution in [2.24, 2.45) is 0 Å². The summed E-state index contributed by atoms with van der Waals surface area (Å²) >= 11 is 11.9. The molecule has 0 fully saturated rings. The van der Waals surface area contributed by atoms with E-state index in [9.17, 15) is 27.9 Å². The number of carboxylic acids is 2. The van der Waals surface area contributed by atoms with Crippen LogP contribution in [-0.2, 0) is 4.79 Å². The van der Waals surface area contributed by atoms with Gasteiger partial charge in [-0.1, -0.05) is 35.3 Å². The molecule has 1 amide bonds. The number of aliphatic carboxylic acids is 1. The van der Waals surface area contributed by atoms with Gasteiger partial charge in [0, 0.05) is 16.7 Å². The van der Waals surface area contributed by atoms with Crippen LogP contribution in [0, 0.1) is 0 Å². The Bertz CT molecular complexity index is 1470. The van der Waals surface area contributed by atoms with E-state index in [1.165, 1.54) is 18.2 Å². The summed E-state index contributed by atoms with van der Waals surface area (Å²) in [5.41, 5.74) is 2.96. The van der Waals surface area contributed by atoms with Crippen molar-refractivity contribution in [2.75, 3.05) is 5.32 Å². The molecule has 4 aromatic rings. The molecule has 0 radical (unpaired) electrons. The first kappa shape index (κ1) is 26.6. The van der Waals surface area contributed by atoms with E-state index in [4.69, 9.17) is 33.1 Å². The number of carbonyl (C=O) groups is 3. The van der Waals surface area contributed by atoms with Crippen molar-refractivity contribution in [3.05, 3.63) is 88.0 Å². The minimum atomic E-state index is -5.08. The molecule has 0 aliphatic carbocycles. The van der Waals surface area contributed by atoms with Gasteiger partial charge < -0.3 is 20.5 Å². The molecule has 186 valence electrons. The van der Waals surface area contributed by atoms with Crippen LogP contribution in [0.25, 0.3) is 22.0 Å². The van der Waals surface area contributed by atoms with E-state index >= 15 is 0 Å². The lowest BCUT2D eigenvalue weighted by atomic mass is 10.0. The number of fused-ring (bicyclic) bond motifs is 1. The second-order valence-corrected chi connectivity index (χ2v) is 8.07. The quantitative estimate of drug-likeness (QED) is 0.230. The van der Waals surface area contributed by atoms with E-state index in [0.717, 1.165) is 22.0 Å². The summed E-state index contributed by atoms with van der Waals surface area (Å²) in [5, 5.41) is 21.0. The average Bonchev–Trinajstić information content (AvgIpc) is 3.27. The number of amides is 1. The Morgan fingerprint density at radius 2 is 1.47 bits per heavy atom. The molecule has 0 unspecified atom stereocenters. The van der Waals surface area contributed by atoms with Crippen LogP contribution >= 0.6 is 23.2 Å². The number of aromatic nitrogens is 1. The number of rotatable bonds is 4. The number of carbonyl (C=O) groups excluding carboxylic acids is 1. The van der Waals surface area contributed by atoms with E-state index < -0.39 is 24.0 Å². The average molecular weight is 539 g/mol. The number of hydrogen-bond acceptors (Lipinski definition) is 3. The fourth-order valence-corrected chi connectivity index (χ4v) is 3.60. The minimum Gasteiger partial charge on any atom is -0.478 e. The summed E-state index contributed by atoms with van der Waals surface area (Å²) in [5.74, 6) is -4.42. The highest BCUT2D eigenvalue weighted by molar-refractivity contribution is 6.37. The molecule has 0 bridgehead atoms. The highest BCUT2D eigenvalue weighted by atomic mass is 35.5. The predicted molar refractivity (Wildman–Crippen MR) is 129 cm³/mol. The highest BCUT2D eigenvalue weighted by Crippen LogP contribution is 2.29. The van der Waals surface area contributed by atoms with Gasteiger partial charge in [-0.3, -0.25) is 4.79 Å². The Kier molecular flexibility index (Phi) is 7.91. The molecule has 4 N–H and O–H groups in total. The van der Waals surface area contributed by atoms with Crippen molar-refractivity contribution in [2.45, 2.75) is 6.18 Å². The summed E-state index contributed by atoms with van der Waals surface area (Å²) in [6.07, 6.45) is -3.24. The van der Waals surface area contributed by atoms with Gasteiger partial charge in [0.05, 0.1) is 21.8 Å². The third kappa shape index (κ3) is 6.35. The van der Waals surface area contributed by atoms with Crippen LogP contribution in [0.15, 0.2) is 66.9 Å². The first-order chi connectivity index (χ1) is 16.9. The number of alkyl halides is 3. The van der Waals surface area contributed by atoms with E-state index in [-0.39, 0.29) is 21.8 Å². The molecule has 36 heavy (non-hydrogen) atoms. The molecule has 4 rings (SSSR count). The summed E-state index contributed by atoms with van der Waals surface area (Å²) in [4.78, 5) is 36.4. The number of benzene rings is 3. The standard InChI is InChI=1S/C22H14Cl2N2O3.C2HF3O2/c23-15-3-4-16(18(24)11-15)21(27)26-20-6-2-13(10-17(20)22(28)29)12-1-5-19-14(9-12)7-8-25-19;3-2(4,5)1(6)7/h1-11,25H,(H,26,27)(H,28,29);(H,6,7). The van der Waals surface area contributed by atoms with Crippen LogP contribution in [0.4, 0.5) is 18.9 Å². The zero-order valence-electron chi connectivity index (χ0n) is 17.9. The van der Waals surface area contributed by atoms with Crippen LogP contribution in [0.3, 0.4) is 0 Å². The van der Waals surface area contributed by atoms with E-state index in [1.807, 2.05) is 30.5 Å². The SMILES string of the molecule is O=C(Nc1ccc(-c2ccc3[nH]ccc3c2)cc1C(=O)O)c1ccc(Cl)cc1Cl.O=C(O)C(F)(F)F. The maximum absolute atomic E-state index is 12.6. The molecule has 0 aliphatic heterocycles. The fourth-order valence-electron chi connectivity index (χ4n) is 3.11. The zero-order chi connectivity index (χ0) is 26.6. The maximum atomic E-state index is 12.6. The largest absolute Gasteiger partial charge is 0.490 e. The molecular formula is C24H15Cl2F3N2O5. The lowest BCUT2D eigenvalue weighted by molar-refractivity contribution is -0.192. The number of aromatic carboxylic acids is 1. The molecule has 0 atom stereocenters.